The molecule has 5 nitrogen and oxygen atoms in total. The molecule has 1 N–H and O–H groups in total. The molecule has 0 bridgehead atoms. The molecular formula is C18H16N2O3. The van der Waals surface area contributed by atoms with Gasteiger partial charge in [0.1, 0.15) is 5.60 Å². The predicted octanol–water partition coefficient (Wildman–Crippen LogP) is 2.43. The van der Waals surface area contributed by atoms with Crippen LogP contribution in [0.1, 0.15) is 31.7 Å². The summed E-state index contributed by atoms with van der Waals surface area (Å²) in [4.78, 5) is 28.8. The Kier molecular flexibility index (Phi) is 2.82. The Morgan fingerprint density at radius 3 is 2.91 bits per heavy atom. The van der Waals surface area contributed by atoms with Gasteiger partial charge in [-0.25, -0.2) is 4.79 Å². The minimum Gasteiger partial charge on any atom is -0.450 e. The number of hydrogen-bond acceptors (Lipinski definition) is 4. The highest BCUT2D eigenvalue weighted by atomic mass is 16.6. The smallest absolute Gasteiger partial charge is 0.337 e. The van der Waals surface area contributed by atoms with E-state index in [-0.39, 0.29) is 24.2 Å². The number of carbonyl (C=O) groups is 2. The molecule has 2 aliphatic rings. The number of pyridine rings is 1. The van der Waals surface area contributed by atoms with Gasteiger partial charge in [0.2, 0.25) is 5.91 Å². The lowest BCUT2D eigenvalue weighted by Crippen LogP contribution is -2.38. The van der Waals surface area contributed by atoms with Crippen LogP contribution in [-0.4, -0.2) is 22.5 Å². The number of ether oxygens (including phenoxy) is 1. The minimum atomic E-state index is -0.793. The normalized spacial score (nSPS) is 22.8. The molecule has 0 aliphatic carbocycles. The quantitative estimate of drug-likeness (QED) is 0.822. The molecule has 0 saturated carbocycles. The Morgan fingerprint density at radius 2 is 2.09 bits per heavy atom. The van der Waals surface area contributed by atoms with Crippen LogP contribution in [0.3, 0.4) is 0 Å². The summed E-state index contributed by atoms with van der Waals surface area (Å²) in [6.45, 7) is 3.58. The molecule has 23 heavy (non-hydrogen) atoms. The van der Waals surface area contributed by atoms with Gasteiger partial charge in [0.25, 0.3) is 0 Å². The van der Waals surface area contributed by atoms with Crippen LogP contribution in [0.4, 0.5) is 0 Å². The summed E-state index contributed by atoms with van der Waals surface area (Å²) in [5, 5.41) is 3.81. The molecule has 5 heteroatoms. The summed E-state index contributed by atoms with van der Waals surface area (Å²) in [6.07, 6.45) is 1.99. The first kappa shape index (κ1) is 13.9. The first-order chi connectivity index (χ1) is 11.0. The van der Waals surface area contributed by atoms with Crippen LogP contribution < -0.4 is 5.32 Å². The molecule has 0 spiro atoms. The van der Waals surface area contributed by atoms with Crippen LogP contribution in [0, 0.1) is 0 Å². The number of nitrogens with one attached hydrogen (secondary N) is 1. The van der Waals surface area contributed by atoms with Crippen LogP contribution in [-0.2, 0) is 14.3 Å². The molecule has 1 aromatic carbocycles. The standard InChI is InChI=1S/C18H16N2O3/c1-18(2)16-15(17(22)23-18)12(9-14(21)20-16)10-5-6-13-11(8-10)4-3-7-19-13/h3-8,12H,9H2,1-2H3,(H,20,21)/t12-/m0/s1. The molecule has 0 fully saturated rings. The number of hydrogen-bond donors (Lipinski definition) is 1. The van der Waals surface area contributed by atoms with E-state index in [1.165, 1.54) is 0 Å². The highest BCUT2D eigenvalue weighted by Crippen LogP contribution is 2.42. The first-order valence-corrected chi connectivity index (χ1v) is 7.58. The number of cyclic esters (lactones) is 1. The van der Waals surface area contributed by atoms with Gasteiger partial charge in [-0.3, -0.25) is 9.78 Å². The van der Waals surface area contributed by atoms with Crippen LogP contribution in [0.25, 0.3) is 10.9 Å². The third-order valence-electron chi connectivity index (χ3n) is 4.47. The van der Waals surface area contributed by atoms with Crippen LogP contribution in [0.15, 0.2) is 47.8 Å². The summed E-state index contributed by atoms with van der Waals surface area (Å²) in [7, 11) is 0. The van der Waals surface area contributed by atoms with Gasteiger partial charge in [0.15, 0.2) is 0 Å². The molecule has 0 saturated heterocycles. The van der Waals surface area contributed by atoms with Gasteiger partial charge in [-0.1, -0.05) is 12.1 Å². The zero-order valence-corrected chi connectivity index (χ0v) is 12.9. The lowest BCUT2D eigenvalue weighted by atomic mass is 9.82. The monoisotopic (exact) mass is 308 g/mol. The predicted molar refractivity (Wildman–Crippen MR) is 84.4 cm³/mol. The maximum atomic E-state index is 12.3. The Bertz CT molecular complexity index is 883. The highest BCUT2D eigenvalue weighted by molar-refractivity contribution is 5.99. The van der Waals surface area contributed by atoms with E-state index in [2.05, 4.69) is 10.3 Å². The number of fused-ring (bicyclic) bond motifs is 1. The van der Waals surface area contributed by atoms with E-state index in [9.17, 15) is 9.59 Å². The minimum absolute atomic E-state index is 0.0913. The number of carbonyl (C=O) groups excluding carboxylic acids is 2. The molecule has 1 atom stereocenters. The second kappa shape index (κ2) is 4.65. The first-order valence-electron chi connectivity index (χ1n) is 7.58. The Morgan fingerprint density at radius 1 is 1.26 bits per heavy atom. The van der Waals surface area contributed by atoms with Crippen molar-refractivity contribution in [3.05, 3.63) is 53.4 Å². The van der Waals surface area contributed by atoms with E-state index < -0.39 is 5.60 Å². The zero-order valence-electron chi connectivity index (χ0n) is 12.9. The topological polar surface area (TPSA) is 68.3 Å². The number of amides is 1. The average Bonchev–Trinajstić information content (AvgIpc) is 2.75. The fourth-order valence-corrected chi connectivity index (χ4v) is 3.37. The largest absolute Gasteiger partial charge is 0.450 e. The summed E-state index contributed by atoms with van der Waals surface area (Å²) >= 11 is 0. The summed E-state index contributed by atoms with van der Waals surface area (Å²) in [5.74, 6) is -0.717. The van der Waals surface area contributed by atoms with Gasteiger partial charge >= 0.3 is 5.97 Å². The molecule has 4 rings (SSSR count). The fraction of sp³-hybridized carbons (Fsp3) is 0.278. The Hall–Kier alpha value is -2.69. The molecule has 0 unspecified atom stereocenters. The Balaban J connectivity index is 1.87. The molecule has 116 valence electrons. The van der Waals surface area contributed by atoms with Gasteiger partial charge in [-0.2, -0.15) is 0 Å². The van der Waals surface area contributed by atoms with Crippen LogP contribution in [0.5, 0.6) is 0 Å². The van der Waals surface area contributed by atoms with Crippen molar-refractivity contribution in [2.45, 2.75) is 31.8 Å². The average molecular weight is 308 g/mol. The van der Waals surface area contributed by atoms with E-state index in [1.807, 2.05) is 30.3 Å². The van der Waals surface area contributed by atoms with Crippen molar-refractivity contribution < 1.29 is 14.3 Å². The van der Waals surface area contributed by atoms with Gasteiger partial charge in [-0.05, 0) is 37.6 Å². The van der Waals surface area contributed by atoms with Crippen molar-refractivity contribution in [3.8, 4) is 0 Å². The van der Waals surface area contributed by atoms with Crippen molar-refractivity contribution in [1.29, 1.82) is 0 Å². The van der Waals surface area contributed by atoms with Gasteiger partial charge in [-0.15, -0.1) is 0 Å². The molecule has 3 heterocycles. The third kappa shape index (κ3) is 2.11. The Labute approximate surface area is 133 Å². The third-order valence-corrected chi connectivity index (χ3v) is 4.47. The maximum absolute atomic E-state index is 12.3. The van der Waals surface area contributed by atoms with Crippen LogP contribution in [0.2, 0.25) is 0 Å². The lowest BCUT2D eigenvalue weighted by molar-refractivity contribution is -0.144. The molecule has 2 aliphatic heterocycles. The van der Waals surface area contributed by atoms with E-state index >= 15 is 0 Å². The fourth-order valence-electron chi connectivity index (χ4n) is 3.37. The number of esters is 1. The highest BCUT2D eigenvalue weighted by Gasteiger charge is 2.47. The molecule has 2 aromatic rings. The summed E-state index contributed by atoms with van der Waals surface area (Å²) in [6, 6.07) is 9.69. The second-order valence-electron chi connectivity index (χ2n) is 6.45. The molecule has 1 amide bonds. The van der Waals surface area contributed by atoms with Crippen molar-refractivity contribution in [3.63, 3.8) is 0 Å². The van der Waals surface area contributed by atoms with Crippen molar-refractivity contribution >= 4 is 22.8 Å². The van der Waals surface area contributed by atoms with E-state index in [4.69, 9.17) is 4.74 Å². The van der Waals surface area contributed by atoms with E-state index in [1.54, 1.807) is 20.0 Å². The van der Waals surface area contributed by atoms with Gasteiger partial charge < -0.3 is 10.1 Å². The summed E-state index contributed by atoms with van der Waals surface area (Å²) < 4.78 is 5.44. The molecular weight excluding hydrogens is 292 g/mol. The SMILES string of the molecule is CC1(C)OC(=O)C2=C1NC(=O)C[C@H]2c1ccc2ncccc2c1. The lowest BCUT2D eigenvalue weighted by Gasteiger charge is -2.27. The van der Waals surface area contributed by atoms with Crippen LogP contribution >= 0.6 is 0 Å². The summed E-state index contributed by atoms with van der Waals surface area (Å²) in [5.41, 5.74) is 2.19. The zero-order chi connectivity index (χ0) is 16.2. The van der Waals surface area contributed by atoms with E-state index in [0.717, 1.165) is 16.5 Å². The van der Waals surface area contributed by atoms with Crippen molar-refractivity contribution in [1.82, 2.24) is 10.3 Å². The number of benzene rings is 1. The second-order valence-corrected chi connectivity index (χ2v) is 6.45. The number of nitrogens with zero attached hydrogens (tertiary/aromatic N) is 1. The van der Waals surface area contributed by atoms with Crippen molar-refractivity contribution in [2.75, 3.05) is 0 Å². The van der Waals surface area contributed by atoms with Gasteiger partial charge in [0.05, 0.1) is 16.8 Å². The number of aromatic nitrogens is 1. The van der Waals surface area contributed by atoms with Gasteiger partial charge in [0, 0.05) is 23.9 Å². The maximum Gasteiger partial charge on any atom is 0.337 e. The van der Waals surface area contributed by atoms with Crippen molar-refractivity contribution in [2.24, 2.45) is 0 Å². The molecule has 0 radical (unpaired) electrons. The van der Waals surface area contributed by atoms with E-state index in [0.29, 0.717) is 11.3 Å². The molecule has 1 aromatic heterocycles. The number of rotatable bonds is 1.